The zero-order valence-corrected chi connectivity index (χ0v) is 9.20. The van der Waals surface area contributed by atoms with Gasteiger partial charge in [0.25, 0.3) is 0 Å². The van der Waals surface area contributed by atoms with Gasteiger partial charge < -0.3 is 20.9 Å². The number of carbonyl (C=O) groups excluding carboxylic acids is 1. The lowest BCUT2D eigenvalue weighted by atomic mass is 10.2. The minimum atomic E-state index is -1.07. The van der Waals surface area contributed by atoms with Gasteiger partial charge in [0.05, 0.1) is 13.2 Å². The van der Waals surface area contributed by atoms with E-state index in [-0.39, 0.29) is 26.1 Å². The van der Waals surface area contributed by atoms with Gasteiger partial charge in [0.2, 0.25) is 0 Å². The van der Waals surface area contributed by atoms with Gasteiger partial charge in [0.15, 0.2) is 0 Å². The number of carboxylic acid groups (broad SMARTS) is 1. The second-order valence-electron chi connectivity index (χ2n) is 3.10. The second kappa shape index (κ2) is 9.25. The summed E-state index contributed by atoms with van der Waals surface area (Å²) in [7, 11) is 0. The molecule has 17 heavy (non-hydrogen) atoms. The average molecular weight is 245 g/mol. The van der Waals surface area contributed by atoms with Crippen molar-refractivity contribution in [1.82, 2.24) is 5.32 Å². The molecule has 0 aliphatic heterocycles. The quantitative estimate of drug-likeness (QED) is 0.242. The van der Waals surface area contributed by atoms with E-state index in [1.807, 2.05) is 0 Å². The van der Waals surface area contributed by atoms with Crippen molar-refractivity contribution in [3.8, 4) is 0 Å². The molecule has 9 nitrogen and oxygen atoms in total. The van der Waals surface area contributed by atoms with Gasteiger partial charge in [-0.1, -0.05) is 5.11 Å². The number of nitrogens with zero attached hydrogens (tertiary/aromatic N) is 3. The predicted molar refractivity (Wildman–Crippen MR) is 58.2 cm³/mol. The average Bonchev–Trinajstić information content (AvgIpc) is 2.29. The van der Waals surface area contributed by atoms with Crippen molar-refractivity contribution in [2.45, 2.75) is 18.9 Å². The van der Waals surface area contributed by atoms with E-state index < -0.39 is 18.1 Å². The second-order valence-corrected chi connectivity index (χ2v) is 3.10. The number of hydrogen-bond acceptors (Lipinski definition) is 5. The van der Waals surface area contributed by atoms with E-state index in [2.05, 4.69) is 20.1 Å². The van der Waals surface area contributed by atoms with Crippen LogP contribution in [0.25, 0.3) is 10.4 Å². The highest BCUT2D eigenvalue weighted by Gasteiger charge is 2.10. The van der Waals surface area contributed by atoms with Crippen LogP contribution in [-0.4, -0.2) is 42.9 Å². The maximum atomic E-state index is 11.0. The minimum Gasteiger partial charge on any atom is -0.480 e. The molecule has 0 rings (SSSR count). The molecule has 1 atom stereocenters. The van der Waals surface area contributed by atoms with Crippen molar-refractivity contribution in [2.24, 2.45) is 10.8 Å². The molecular formula is C8H15N5O4. The van der Waals surface area contributed by atoms with Crippen molar-refractivity contribution in [1.29, 1.82) is 0 Å². The molecular weight excluding hydrogens is 230 g/mol. The molecule has 0 aromatic carbocycles. The van der Waals surface area contributed by atoms with Gasteiger partial charge in [-0.15, -0.1) is 0 Å². The lowest BCUT2D eigenvalue weighted by molar-refractivity contribution is -0.138. The first kappa shape index (κ1) is 15.0. The van der Waals surface area contributed by atoms with Gasteiger partial charge in [-0.3, -0.25) is 4.79 Å². The normalized spacial score (nSPS) is 11.1. The van der Waals surface area contributed by atoms with Crippen LogP contribution >= 0.6 is 0 Å². The van der Waals surface area contributed by atoms with Crippen molar-refractivity contribution in [2.75, 3.05) is 19.7 Å². The van der Waals surface area contributed by atoms with Crippen molar-refractivity contribution in [3.63, 3.8) is 0 Å². The fraction of sp³-hybridized carbons (Fsp3) is 0.750. The Morgan fingerprint density at radius 3 is 2.88 bits per heavy atom. The van der Waals surface area contributed by atoms with E-state index in [0.29, 0.717) is 6.42 Å². The monoisotopic (exact) mass is 245 g/mol. The van der Waals surface area contributed by atoms with Crippen LogP contribution in [0.1, 0.15) is 12.8 Å². The topological polar surface area (TPSA) is 150 Å². The molecule has 0 bridgehead atoms. The smallest absolute Gasteiger partial charge is 0.407 e. The third kappa shape index (κ3) is 8.97. The lowest BCUT2D eigenvalue weighted by Gasteiger charge is -2.07. The highest BCUT2D eigenvalue weighted by molar-refractivity contribution is 5.73. The van der Waals surface area contributed by atoms with Crippen LogP contribution in [0.3, 0.4) is 0 Å². The highest BCUT2D eigenvalue weighted by atomic mass is 16.5. The fourth-order valence-corrected chi connectivity index (χ4v) is 0.911. The first-order valence-electron chi connectivity index (χ1n) is 4.97. The number of alkyl carbamates (subject to hydrolysis) is 1. The van der Waals surface area contributed by atoms with Crippen LogP contribution in [0.5, 0.6) is 0 Å². The van der Waals surface area contributed by atoms with E-state index in [1.165, 1.54) is 0 Å². The van der Waals surface area contributed by atoms with Gasteiger partial charge in [-0.25, -0.2) is 4.79 Å². The number of carboxylic acids is 1. The summed E-state index contributed by atoms with van der Waals surface area (Å²) in [4.78, 5) is 23.8. The molecule has 0 saturated carbocycles. The molecule has 0 aliphatic rings. The number of amides is 1. The SMILES string of the molecule is [N-]=[N+]=NCCOC(=O)NCCC[C@H](N)C(=O)O. The highest BCUT2D eigenvalue weighted by Crippen LogP contribution is 1.93. The molecule has 0 unspecified atom stereocenters. The summed E-state index contributed by atoms with van der Waals surface area (Å²) >= 11 is 0. The standard InChI is InChI=1S/C8H15N5O4/c9-6(7(14)15)2-1-3-11-8(16)17-5-4-12-13-10/h6H,1-5,9H2,(H,11,16)(H,14,15)/t6-/m0/s1. The Morgan fingerprint density at radius 1 is 1.59 bits per heavy atom. The first-order valence-corrected chi connectivity index (χ1v) is 4.97. The van der Waals surface area contributed by atoms with E-state index in [1.54, 1.807) is 0 Å². The first-order chi connectivity index (χ1) is 8.07. The molecule has 0 fully saturated rings. The van der Waals surface area contributed by atoms with Crippen LogP contribution in [0.15, 0.2) is 5.11 Å². The van der Waals surface area contributed by atoms with Gasteiger partial charge >= 0.3 is 12.1 Å². The fourth-order valence-electron chi connectivity index (χ4n) is 0.911. The van der Waals surface area contributed by atoms with Crippen LogP contribution < -0.4 is 11.1 Å². The summed E-state index contributed by atoms with van der Waals surface area (Å²) in [5.74, 6) is -1.07. The molecule has 96 valence electrons. The Kier molecular flexibility index (Phi) is 8.17. The van der Waals surface area contributed by atoms with Crippen molar-refractivity contribution >= 4 is 12.1 Å². The largest absolute Gasteiger partial charge is 0.480 e. The van der Waals surface area contributed by atoms with Gasteiger partial charge in [0.1, 0.15) is 6.04 Å². The number of hydrogen-bond donors (Lipinski definition) is 3. The molecule has 4 N–H and O–H groups in total. The maximum absolute atomic E-state index is 11.0. The van der Waals surface area contributed by atoms with E-state index in [9.17, 15) is 9.59 Å². The summed E-state index contributed by atoms with van der Waals surface area (Å²) in [6, 6.07) is -0.919. The number of ether oxygens (including phenoxy) is 1. The van der Waals surface area contributed by atoms with Crippen LogP contribution in [0.2, 0.25) is 0 Å². The number of nitrogens with two attached hydrogens (primary N) is 1. The third-order valence-corrected chi connectivity index (χ3v) is 1.77. The summed E-state index contributed by atoms with van der Waals surface area (Å²) in [5, 5.41) is 14.1. The van der Waals surface area contributed by atoms with Crippen LogP contribution in [0.4, 0.5) is 4.79 Å². The Labute approximate surface area is 97.5 Å². The summed E-state index contributed by atoms with van der Waals surface area (Å²) in [5.41, 5.74) is 13.2. The Morgan fingerprint density at radius 2 is 2.29 bits per heavy atom. The lowest BCUT2D eigenvalue weighted by Crippen LogP contribution is -2.32. The van der Waals surface area contributed by atoms with Gasteiger partial charge in [-0.05, 0) is 18.4 Å². The zero-order chi connectivity index (χ0) is 13.1. The van der Waals surface area contributed by atoms with Crippen LogP contribution in [-0.2, 0) is 9.53 Å². The van der Waals surface area contributed by atoms with E-state index >= 15 is 0 Å². The Balaban J connectivity index is 3.45. The molecule has 0 saturated heterocycles. The zero-order valence-electron chi connectivity index (χ0n) is 9.20. The number of carbonyl (C=O) groups is 2. The Hall–Kier alpha value is -1.99. The minimum absolute atomic E-state index is 0.00450. The number of azide groups is 1. The summed E-state index contributed by atoms with van der Waals surface area (Å²) in [6.07, 6.45) is 0.0785. The predicted octanol–water partition coefficient (Wildman–Crippen LogP) is 0.215. The molecule has 0 aliphatic carbocycles. The number of nitrogens with one attached hydrogen (secondary N) is 1. The molecule has 1 amide bonds. The molecule has 9 heteroatoms. The van der Waals surface area contributed by atoms with Crippen LogP contribution in [0, 0.1) is 0 Å². The molecule has 0 heterocycles. The van der Waals surface area contributed by atoms with Crippen molar-refractivity contribution < 1.29 is 19.4 Å². The van der Waals surface area contributed by atoms with Gasteiger partial charge in [0, 0.05) is 11.5 Å². The Bertz CT molecular complexity index is 302. The van der Waals surface area contributed by atoms with E-state index in [4.69, 9.17) is 16.4 Å². The van der Waals surface area contributed by atoms with Crippen molar-refractivity contribution in [3.05, 3.63) is 10.4 Å². The number of aliphatic carboxylic acids is 1. The maximum Gasteiger partial charge on any atom is 0.407 e. The molecule has 0 aromatic rings. The van der Waals surface area contributed by atoms with Gasteiger partial charge in [-0.2, -0.15) is 0 Å². The summed E-state index contributed by atoms with van der Waals surface area (Å²) in [6.45, 7) is 0.361. The molecule has 0 aromatic heterocycles. The molecule has 0 spiro atoms. The molecule has 0 radical (unpaired) electrons. The van der Waals surface area contributed by atoms with E-state index in [0.717, 1.165) is 0 Å². The summed E-state index contributed by atoms with van der Waals surface area (Å²) < 4.78 is 4.64. The third-order valence-electron chi connectivity index (χ3n) is 1.77. The number of rotatable bonds is 8.